The SMILES string of the molecule is CC1OC(Oc2cc(O)c3c(=O)c(O)c(-c4ccc(O)cc4)oc3c2O)C(O)C(OC2(C)OC(CO)C(O)C(O)C2O)C1O. The lowest BCUT2D eigenvalue weighted by Gasteiger charge is -2.50. The lowest BCUT2D eigenvalue weighted by atomic mass is 9.92. The van der Waals surface area contributed by atoms with Crippen molar-refractivity contribution in [3.05, 3.63) is 40.6 Å². The molecule has 2 aliphatic heterocycles. The van der Waals surface area contributed by atoms with E-state index in [4.69, 9.17) is 23.4 Å². The van der Waals surface area contributed by atoms with Crippen molar-refractivity contribution in [1.29, 1.82) is 0 Å². The summed E-state index contributed by atoms with van der Waals surface area (Å²) in [6, 6.07) is 5.97. The first-order valence-corrected chi connectivity index (χ1v) is 13.4. The van der Waals surface area contributed by atoms with Gasteiger partial charge < -0.3 is 74.4 Å². The molecule has 2 aromatic carbocycles. The summed E-state index contributed by atoms with van der Waals surface area (Å²) in [6.07, 6.45) is -14.8. The molecule has 16 heteroatoms. The third-order valence-electron chi connectivity index (χ3n) is 7.74. The molecular weight excluding hydrogens is 592 g/mol. The molecule has 1 aromatic heterocycles. The molecule has 44 heavy (non-hydrogen) atoms. The Bertz CT molecular complexity index is 1570. The van der Waals surface area contributed by atoms with Crippen LogP contribution in [0.1, 0.15) is 13.8 Å². The molecule has 240 valence electrons. The van der Waals surface area contributed by atoms with Crippen LogP contribution in [0.4, 0.5) is 0 Å². The van der Waals surface area contributed by atoms with Crippen LogP contribution in [-0.2, 0) is 14.2 Å². The predicted octanol–water partition coefficient (Wildman–Crippen LogP) is -1.30. The number of phenols is 3. The number of ether oxygens (including phenoxy) is 4. The van der Waals surface area contributed by atoms with Gasteiger partial charge >= 0.3 is 0 Å². The van der Waals surface area contributed by atoms with E-state index in [9.17, 15) is 55.9 Å². The maximum atomic E-state index is 12.9. The summed E-state index contributed by atoms with van der Waals surface area (Å²) < 4.78 is 28.0. The Labute approximate surface area is 247 Å². The first-order chi connectivity index (χ1) is 20.7. The molecule has 2 saturated heterocycles. The summed E-state index contributed by atoms with van der Waals surface area (Å²) in [7, 11) is 0. The van der Waals surface area contributed by atoms with Crippen LogP contribution >= 0.6 is 0 Å². The molecule has 10 atom stereocenters. The van der Waals surface area contributed by atoms with Crippen LogP contribution in [0.25, 0.3) is 22.3 Å². The Morgan fingerprint density at radius 1 is 0.909 bits per heavy atom. The molecule has 0 amide bonds. The van der Waals surface area contributed by atoms with Gasteiger partial charge in [0.25, 0.3) is 0 Å². The van der Waals surface area contributed by atoms with Crippen LogP contribution in [0.15, 0.2) is 39.5 Å². The molecule has 16 nitrogen and oxygen atoms in total. The highest BCUT2D eigenvalue weighted by Gasteiger charge is 2.56. The summed E-state index contributed by atoms with van der Waals surface area (Å²) in [5.41, 5.74) is -1.56. The van der Waals surface area contributed by atoms with Crippen molar-refractivity contribution in [2.75, 3.05) is 6.61 Å². The van der Waals surface area contributed by atoms with E-state index in [-0.39, 0.29) is 11.3 Å². The van der Waals surface area contributed by atoms with Crippen molar-refractivity contribution in [2.45, 2.75) is 74.8 Å². The highest BCUT2D eigenvalue weighted by atomic mass is 16.7. The number of aromatic hydroxyl groups is 4. The first kappa shape index (κ1) is 31.7. The van der Waals surface area contributed by atoms with Crippen molar-refractivity contribution in [1.82, 2.24) is 0 Å². The third kappa shape index (κ3) is 5.29. The standard InChI is InChI=1S/C28H32O16/c1-9-16(32)25(44-28(2)26(39)21(37)17(33)14(8-29)43-28)22(38)27(40-9)41-13-7-12(31)15-19(35)20(36)23(42-24(15)18(13)34)10-3-5-11(30)6-4-10/h3-7,9,14,16-17,21-22,25-27,29-34,36-39H,8H2,1-2H3. The van der Waals surface area contributed by atoms with Gasteiger partial charge in [-0.1, -0.05) is 0 Å². The molecule has 0 saturated carbocycles. The van der Waals surface area contributed by atoms with Gasteiger partial charge in [-0.05, 0) is 38.1 Å². The van der Waals surface area contributed by atoms with Crippen molar-refractivity contribution < 1.29 is 74.4 Å². The minimum absolute atomic E-state index is 0.110. The van der Waals surface area contributed by atoms with Gasteiger partial charge in [-0.15, -0.1) is 0 Å². The molecule has 0 radical (unpaired) electrons. The second-order valence-electron chi connectivity index (χ2n) is 10.8. The molecular formula is C28H32O16. The maximum Gasteiger partial charge on any atom is 0.238 e. The Kier molecular flexibility index (Phi) is 8.40. The van der Waals surface area contributed by atoms with Crippen LogP contribution in [-0.4, -0.2) is 119 Å². The number of hydrogen-bond acceptors (Lipinski definition) is 16. The van der Waals surface area contributed by atoms with Crippen LogP contribution < -0.4 is 10.2 Å². The largest absolute Gasteiger partial charge is 0.508 e. The molecule has 0 spiro atoms. The number of aliphatic hydroxyl groups excluding tert-OH is 6. The zero-order chi connectivity index (χ0) is 32.2. The second kappa shape index (κ2) is 11.7. The zero-order valence-electron chi connectivity index (χ0n) is 23.2. The Balaban J connectivity index is 1.48. The number of fused-ring (bicyclic) bond motifs is 1. The quantitative estimate of drug-likeness (QED) is 0.143. The topological polar surface area (TPSA) is 269 Å². The predicted molar refractivity (Wildman–Crippen MR) is 145 cm³/mol. The number of phenolic OH excluding ortho intramolecular Hbond substituents is 3. The number of benzene rings is 2. The van der Waals surface area contributed by atoms with Gasteiger partial charge in [0.15, 0.2) is 22.9 Å². The first-order valence-electron chi connectivity index (χ1n) is 13.4. The van der Waals surface area contributed by atoms with Gasteiger partial charge in [-0.2, -0.15) is 0 Å². The minimum atomic E-state index is -2.17. The summed E-state index contributed by atoms with van der Waals surface area (Å²) in [6.45, 7) is 1.77. The summed E-state index contributed by atoms with van der Waals surface area (Å²) in [4.78, 5) is 12.9. The van der Waals surface area contributed by atoms with Crippen molar-refractivity contribution in [2.24, 2.45) is 0 Å². The molecule has 10 N–H and O–H groups in total. The smallest absolute Gasteiger partial charge is 0.238 e. The van der Waals surface area contributed by atoms with E-state index in [1.807, 2.05) is 0 Å². The van der Waals surface area contributed by atoms with Gasteiger partial charge in [0.05, 0.1) is 12.7 Å². The zero-order valence-corrected chi connectivity index (χ0v) is 23.2. The van der Waals surface area contributed by atoms with Crippen LogP contribution in [0, 0.1) is 0 Å². The lowest BCUT2D eigenvalue weighted by Crippen LogP contribution is -2.68. The van der Waals surface area contributed by atoms with Crippen LogP contribution in [0.3, 0.4) is 0 Å². The lowest BCUT2D eigenvalue weighted by molar-refractivity contribution is -0.394. The normalized spacial score (nSPS) is 34.2. The third-order valence-corrected chi connectivity index (χ3v) is 7.74. The van der Waals surface area contributed by atoms with Gasteiger partial charge in [0, 0.05) is 11.6 Å². The van der Waals surface area contributed by atoms with E-state index < -0.39 is 113 Å². The van der Waals surface area contributed by atoms with Crippen LogP contribution in [0.2, 0.25) is 0 Å². The molecule has 3 heterocycles. The molecule has 2 aliphatic rings. The molecule has 0 bridgehead atoms. The summed E-state index contributed by atoms with van der Waals surface area (Å²) in [5.74, 6) is -5.76. The summed E-state index contributed by atoms with van der Waals surface area (Å²) >= 11 is 0. The Hall–Kier alpha value is -3.71. The maximum absolute atomic E-state index is 12.9. The average Bonchev–Trinajstić information content (AvgIpc) is 2.99. The van der Waals surface area contributed by atoms with Gasteiger partial charge in [0.1, 0.15) is 59.6 Å². The van der Waals surface area contributed by atoms with E-state index >= 15 is 0 Å². The van der Waals surface area contributed by atoms with Crippen molar-refractivity contribution in [3.8, 4) is 40.1 Å². The fraction of sp³-hybridized carbons (Fsp3) is 0.464. The monoisotopic (exact) mass is 624 g/mol. The average molecular weight is 625 g/mol. The molecule has 5 rings (SSSR count). The second-order valence-corrected chi connectivity index (χ2v) is 10.8. The van der Waals surface area contributed by atoms with Gasteiger partial charge in [-0.3, -0.25) is 4.79 Å². The van der Waals surface area contributed by atoms with Gasteiger partial charge in [0.2, 0.25) is 23.2 Å². The van der Waals surface area contributed by atoms with Crippen molar-refractivity contribution >= 4 is 11.0 Å². The minimum Gasteiger partial charge on any atom is -0.508 e. The summed E-state index contributed by atoms with van der Waals surface area (Å²) in [5, 5.41) is 103. The van der Waals surface area contributed by atoms with E-state index in [0.717, 1.165) is 13.0 Å². The van der Waals surface area contributed by atoms with Gasteiger partial charge in [-0.25, -0.2) is 0 Å². The fourth-order valence-electron chi connectivity index (χ4n) is 5.23. The molecule has 3 aromatic rings. The highest BCUT2D eigenvalue weighted by molar-refractivity contribution is 5.93. The van der Waals surface area contributed by atoms with E-state index in [2.05, 4.69) is 0 Å². The molecule has 2 fully saturated rings. The van der Waals surface area contributed by atoms with E-state index in [0.29, 0.717) is 0 Å². The Morgan fingerprint density at radius 3 is 2.20 bits per heavy atom. The fourth-order valence-corrected chi connectivity index (χ4v) is 5.23. The number of aliphatic hydroxyl groups is 6. The van der Waals surface area contributed by atoms with E-state index in [1.54, 1.807) is 0 Å². The van der Waals surface area contributed by atoms with Crippen molar-refractivity contribution in [3.63, 3.8) is 0 Å². The van der Waals surface area contributed by atoms with E-state index in [1.165, 1.54) is 31.2 Å². The molecule has 0 aliphatic carbocycles. The molecule has 10 unspecified atom stereocenters. The van der Waals surface area contributed by atoms with Crippen LogP contribution in [0.5, 0.6) is 28.7 Å². The number of rotatable bonds is 6. The number of hydrogen-bond donors (Lipinski definition) is 10. The highest BCUT2D eigenvalue weighted by Crippen LogP contribution is 2.44. The Morgan fingerprint density at radius 2 is 1.57 bits per heavy atom.